The van der Waals surface area contributed by atoms with E-state index in [0.29, 0.717) is 17.3 Å². The number of nitro benzene ring substituents is 1. The summed E-state index contributed by atoms with van der Waals surface area (Å²) in [6.07, 6.45) is 3.79. The Morgan fingerprint density at radius 1 is 1.17 bits per heavy atom. The van der Waals surface area contributed by atoms with E-state index in [1.807, 2.05) is 18.2 Å². The molecule has 148 valence electrons. The zero-order valence-corrected chi connectivity index (χ0v) is 15.7. The maximum Gasteiger partial charge on any atom is 0.270 e. The minimum Gasteiger partial charge on any atom is -0.293 e. The second kappa shape index (κ2) is 8.22. The van der Waals surface area contributed by atoms with E-state index in [1.165, 1.54) is 17.7 Å². The monoisotopic (exact) mass is 391 g/mol. The van der Waals surface area contributed by atoms with Gasteiger partial charge in [-0.15, -0.1) is 5.10 Å². The van der Waals surface area contributed by atoms with E-state index >= 15 is 0 Å². The standard InChI is InChI=1S/C21H21N5O3/c27-20(18-11-5-8-15(18)12-14-6-2-1-3-7-14)23-21-22-19(24-25-21)16-9-4-10-17(13-16)26(28)29/h1-4,6-7,9-10,13,15,18H,5,8,11-12H2,(H2,22,23,24,25,27). The van der Waals surface area contributed by atoms with Crippen LogP contribution in [0.1, 0.15) is 24.8 Å². The number of benzene rings is 2. The first kappa shape index (κ1) is 18.8. The number of anilines is 1. The Hall–Kier alpha value is -3.55. The van der Waals surface area contributed by atoms with Crippen LogP contribution in [0.4, 0.5) is 11.6 Å². The van der Waals surface area contributed by atoms with Crippen LogP contribution in [0.2, 0.25) is 0 Å². The van der Waals surface area contributed by atoms with Gasteiger partial charge in [-0.05, 0) is 30.7 Å². The van der Waals surface area contributed by atoms with Crippen LogP contribution in [0.15, 0.2) is 54.6 Å². The normalized spacial score (nSPS) is 18.5. The maximum atomic E-state index is 12.8. The minimum absolute atomic E-state index is 0.0285. The van der Waals surface area contributed by atoms with E-state index < -0.39 is 4.92 Å². The summed E-state index contributed by atoms with van der Waals surface area (Å²) >= 11 is 0. The van der Waals surface area contributed by atoms with Crippen LogP contribution >= 0.6 is 0 Å². The van der Waals surface area contributed by atoms with Crippen molar-refractivity contribution in [2.24, 2.45) is 11.8 Å². The number of aromatic amines is 1. The highest BCUT2D eigenvalue weighted by Crippen LogP contribution is 2.35. The summed E-state index contributed by atoms with van der Waals surface area (Å²) in [5, 5.41) is 20.5. The quantitative estimate of drug-likeness (QED) is 0.487. The van der Waals surface area contributed by atoms with Crippen LogP contribution < -0.4 is 5.32 Å². The largest absolute Gasteiger partial charge is 0.293 e. The third kappa shape index (κ3) is 4.31. The van der Waals surface area contributed by atoms with Gasteiger partial charge in [0.2, 0.25) is 11.9 Å². The summed E-state index contributed by atoms with van der Waals surface area (Å²) in [5.41, 5.74) is 1.75. The van der Waals surface area contributed by atoms with Crippen LogP contribution in [0.3, 0.4) is 0 Å². The topological polar surface area (TPSA) is 114 Å². The van der Waals surface area contributed by atoms with Crippen molar-refractivity contribution >= 4 is 17.5 Å². The van der Waals surface area contributed by atoms with E-state index in [0.717, 1.165) is 25.7 Å². The molecule has 3 aromatic rings. The van der Waals surface area contributed by atoms with Crippen molar-refractivity contribution in [3.05, 3.63) is 70.3 Å². The van der Waals surface area contributed by atoms with E-state index in [1.54, 1.807) is 12.1 Å². The van der Waals surface area contributed by atoms with Crippen LogP contribution in [0.5, 0.6) is 0 Å². The molecular weight excluding hydrogens is 370 g/mol. The van der Waals surface area contributed by atoms with E-state index in [-0.39, 0.29) is 23.5 Å². The third-order valence-corrected chi connectivity index (χ3v) is 5.39. The molecule has 1 aliphatic rings. The van der Waals surface area contributed by atoms with Crippen molar-refractivity contribution in [2.75, 3.05) is 5.32 Å². The molecule has 2 atom stereocenters. The first-order chi connectivity index (χ1) is 14.1. The third-order valence-electron chi connectivity index (χ3n) is 5.39. The fourth-order valence-corrected chi connectivity index (χ4v) is 3.96. The minimum atomic E-state index is -0.463. The number of hydrogen-bond acceptors (Lipinski definition) is 5. The Morgan fingerprint density at radius 2 is 2.00 bits per heavy atom. The molecule has 0 saturated heterocycles. The average Bonchev–Trinajstić information content (AvgIpc) is 3.38. The number of non-ortho nitro benzene ring substituents is 1. The molecule has 1 aliphatic carbocycles. The summed E-state index contributed by atoms with van der Waals surface area (Å²) in [7, 11) is 0. The molecule has 4 rings (SSSR count). The summed E-state index contributed by atoms with van der Waals surface area (Å²) in [6, 6.07) is 16.3. The number of amides is 1. The molecule has 1 saturated carbocycles. The number of H-pyrrole nitrogens is 1. The molecule has 8 heteroatoms. The lowest BCUT2D eigenvalue weighted by atomic mass is 9.89. The zero-order chi connectivity index (χ0) is 20.2. The van der Waals surface area contributed by atoms with Gasteiger partial charge in [0.15, 0.2) is 5.82 Å². The van der Waals surface area contributed by atoms with Gasteiger partial charge in [-0.1, -0.05) is 48.9 Å². The molecule has 2 unspecified atom stereocenters. The molecule has 8 nitrogen and oxygen atoms in total. The van der Waals surface area contributed by atoms with Crippen molar-refractivity contribution in [2.45, 2.75) is 25.7 Å². The molecule has 0 aliphatic heterocycles. The number of carbonyl (C=O) groups is 1. The fraction of sp³-hybridized carbons (Fsp3) is 0.286. The molecule has 1 aromatic heterocycles. The van der Waals surface area contributed by atoms with Crippen LogP contribution in [0.25, 0.3) is 11.4 Å². The van der Waals surface area contributed by atoms with Gasteiger partial charge < -0.3 is 0 Å². The highest BCUT2D eigenvalue weighted by atomic mass is 16.6. The molecule has 1 fully saturated rings. The lowest BCUT2D eigenvalue weighted by Gasteiger charge is -2.18. The lowest BCUT2D eigenvalue weighted by Crippen LogP contribution is -2.27. The predicted molar refractivity (Wildman–Crippen MR) is 108 cm³/mol. The van der Waals surface area contributed by atoms with Crippen molar-refractivity contribution in [3.63, 3.8) is 0 Å². The Labute approximate surface area is 167 Å². The first-order valence-corrected chi connectivity index (χ1v) is 9.62. The van der Waals surface area contributed by atoms with Gasteiger partial charge in [0.1, 0.15) is 0 Å². The van der Waals surface area contributed by atoms with Crippen molar-refractivity contribution in [1.29, 1.82) is 0 Å². The number of aromatic nitrogens is 3. The van der Waals surface area contributed by atoms with Gasteiger partial charge in [0.25, 0.3) is 5.69 Å². The fourth-order valence-electron chi connectivity index (χ4n) is 3.96. The van der Waals surface area contributed by atoms with Crippen LogP contribution in [0, 0.1) is 22.0 Å². The zero-order valence-electron chi connectivity index (χ0n) is 15.7. The highest BCUT2D eigenvalue weighted by Gasteiger charge is 2.33. The molecule has 1 heterocycles. The Morgan fingerprint density at radius 3 is 2.79 bits per heavy atom. The Kier molecular flexibility index (Phi) is 5.33. The smallest absolute Gasteiger partial charge is 0.270 e. The van der Waals surface area contributed by atoms with Gasteiger partial charge in [-0.25, -0.2) is 0 Å². The maximum absolute atomic E-state index is 12.8. The van der Waals surface area contributed by atoms with E-state index in [9.17, 15) is 14.9 Å². The van der Waals surface area contributed by atoms with E-state index in [2.05, 4.69) is 32.6 Å². The SMILES string of the molecule is O=C(Nc1n[nH]c(-c2cccc([N+](=O)[O-])c2)n1)C1CCCC1Cc1ccccc1. The van der Waals surface area contributed by atoms with Crippen LogP contribution in [-0.4, -0.2) is 26.0 Å². The van der Waals surface area contributed by atoms with Crippen molar-refractivity contribution < 1.29 is 9.72 Å². The lowest BCUT2D eigenvalue weighted by molar-refractivity contribution is -0.384. The second-order valence-electron chi connectivity index (χ2n) is 7.29. The average molecular weight is 391 g/mol. The molecule has 2 N–H and O–H groups in total. The Balaban J connectivity index is 1.43. The number of carbonyl (C=O) groups excluding carboxylic acids is 1. The molecule has 1 amide bonds. The molecule has 0 spiro atoms. The first-order valence-electron chi connectivity index (χ1n) is 9.62. The van der Waals surface area contributed by atoms with Gasteiger partial charge in [0, 0.05) is 23.6 Å². The summed E-state index contributed by atoms with van der Waals surface area (Å²) in [6.45, 7) is 0. The molecule has 2 aromatic carbocycles. The highest BCUT2D eigenvalue weighted by molar-refractivity contribution is 5.91. The Bertz CT molecular complexity index is 1020. The van der Waals surface area contributed by atoms with Gasteiger partial charge >= 0.3 is 0 Å². The predicted octanol–water partition coefficient (Wildman–Crippen LogP) is 3.98. The molecule has 0 radical (unpaired) electrons. The molecule has 29 heavy (non-hydrogen) atoms. The van der Waals surface area contributed by atoms with E-state index in [4.69, 9.17) is 0 Å². The number of rotatable bonds is 6. The number of hydrogen-bond donors (Lipinski definition) is 2. The van der Waals surface area contributed by atoms with Crippen LogP contribution in [-0.2, 0) is 11.2 Å². The summed E-state index contributed by atoms with van der Waals surface area (Å²) in [4.78, 5) is 27.6. The van der Waals surface area contributed by atoms with Gasteiger partial charge in [0.05, 0.1) is 4.92 Å². The summed E-state index contributed by atoms with van der Waals surface area (Å²) in [5.74, 6) is 0.703. The van der Waals surface area contributed by atoms with Gasteiger partial charge in [-0.3, -0.25) is 25.3 Å². The second-order valence-corrected chi connectivity index (χ2v) is 7.29. The number of nitrogens with one attached hydrogen (secondary N) is 2. The molecule has 0 bridgehead atoms. The van der Waals surface area contributed by atoms with Crippen molar-refractivity contribution in [3.8, 4) is 11.4 Å². The summed E-state index contributed by atoms with van der Waals surface area (Å²) < 4.78 is 0. The van der Waals surface area contributed by atoms with Gasteiger partial charge in [-0.2, -0.15) is 4.98 Å². The number of nitro groups is 1. The number of nitrogens with zero attached hydrogens (tertiary/aromatic N) is 3. The molecular formula is C21H21N5O3. The van der Waals surface area contributed by atoms with Crippen molar-refractivity contribution in [1.82, 2.24) is 15.2 Å².